The smallest absolute Gasteiger partial charge is 0.281 e. The minimum atomic E-state index is -0.538. The average molecular weight is 379 g/mol. The zero-order valence-electron chi connectivity index (χ0n) is 14.4. The van der Waals surface area contributed by atoms with Crippen molar-refractivity contribution in [3.05, 3.63) is 86.7 Å². The van der Waals surface area contributed by atoms with Crippen LogP contribution >= 0.6 is 11.6 Å². The first kappa shape index (κ1) is 18.4. The van der Waals surface area contributed by atoms with Crippen molar-refractivity contribution in [2.75, 3.05) is 0 Å². The quantitative estimate of drug-likeness (QED) is 0.658. The number of pyridine rings is 1. The molecule has 0 saturated carbocycles. The highest BCUT2D eigenvalue weighted by atomic mass is 35.5. The third kappa shape index (κ3) is 3.73. The van der Waals surface area contributed by atoms with Gasteiger partial charge in [-0.25, -0.2) is 0 Å². The summed E-state index contributed by atoms with van der Waals surface area (Å²) in [5.74, 6) is -0.388. The molecule has 0 radical (unpaired) electrons. The lowest BCUT2D eigenvalue weighted by molar-refractivity contribution is 0.412. The van der Waals surface area contributed by atoms with Crippen molar-refractivity contribution in [3.63, 3.8) is 0 Å². The van der Waals surface area contributed by atoms with Gasteiger partial charge in [-0.15, -0.1) is 10.2 Å². The summed E-state index contributed by atoms with van der Waals surface area (Å²) < 4.78 is 1.11. The van der Waals surface area contributed by atoms with Gasteiger partial charge in [0.1, 0.15) is 17.3 Å². The fourth-order valence-corrected chi connectivity index (χ4v) is 2.78. The van der Waals surface area contributed by atoms with Crippen LogP contribution in [0.15, 0.2) is 69.6 Å². The first-order valence-corrected chi connectivity index (χ1v) is 8.47. The van der Waals surface area contributed by atoms with Crippen LogP contribution in [0, 0.1) is 18.3 Å². The molecule has 0 atom stereocenters. The van der Waals surface area contributed by atoms with Gasteiger partial charge in [0.25, 0.3) is 5.56 Å². The van der Waals surface area contributed by atoms with E-state index in [-0.39, 0.29) is 29.2 Å². The highest BCUT2D eigenvalue weighted by Gasteiger charge is 2.19. The Morgan fingerprint density at radius 2 is 1.78 bits per heavy atom. The monoisotopic (exact) mass is 378 g/mol. The van der Waals surface area contributed by atoms with Crippen LogP contribution in [0.3, 0.4) is 0 Å². The highest BCUT2D eigenvalue weighted by molar-refractivity contribution is 6.32. The molecular weight excluding hydrogens is 364 g/mol. The summed E-state index contributed by atoms with van der Waals surface area (Å²) in [6, 6.07) is 17.9. The maximum atomic E-state index is 12.9. The fraction of sp³-hybridized carbons (Fsp3) is 0.100. The Labute approximate surface area is 160 Å². The molecule has 0 spiro atoms. The van der Waals surface area contributed by atoms with Gasteiger partial charge in [0.05, 0.1) is 11.6 Å². The Balaban J connectivity index is 2.14. The second-order valence-electron chi connectivity index (χ2n) is 5.81. The largest absolute Gasteiger partial charge is 0.493 e. The number of rotatable bonds is 4. The molecule has 0 aliphatic carbocycles. The standard InChI is InChI=1S/C20H15ClN4O2/c1-13-15(11-22)19(26)25(12-14-7-3-2-4-8-14)20(27)18(13)24-23-17-10-6-5-9-16(17)21/h2-10,26H,12H2,1H3. The molecule has 3 aromatic rings. The van der Waals surface area contributed by atoms with Crippen LogP contribution in [0.2, 0.25) is 5.02 Å². The van der Waals surface area contributed by atoms with Crippen LogP contribution in [0.5, 0.6) is 5.88 Å². The van der Waals surface area contributed by atoms with Gasteiger partial charge in [-0.05, 0) is 24.6 Å². The number of aromatic nitrogens is 1. The first-order chi connectivity index (χ1) is 13.0. The topological polar surface area (TPSA) is 90.7 Å². The Morgan fingerprint density at radius 3 is 2.44 bits per heavy atom. The normalized spacial score (nSPS) is 10.9. The summed E-state index contributed by atoms with van der Waals surface area (Å²) in [4.78, 5) is 12.9. The lowest BCUT2D eigenvalue weighted by Gasteiger charge is -2.13. The lowest BCUT2D eigenvalue weighted by atomic mass is 10.1. The van der Waals surface area contributed by atoms with E-state index in [1.165, 1.54) is 0 Å². The second-order valence-corrected chi connectivity index (χ2v) is 6.22. The van der Waals surface area contributed by atoms with Crippen LogP contribution in [0.25, 0.3) is 0 Å². The van der Waals surface area contributed by atoms with Gasteiger partial charge in [0, 0.05) is 5.56 Å². The van der Waals surface area contributed by atoms with Crippen LogP contribution in [0.1, 0.15) is 16.7 Å². The van der Waals surface area contributed by atoms with Crippen LogP contribution in [-0.2, 0) is 6.54 Å². The number of hydrogen-bond donors (Lipinski definition) is 1. The van der Waals surface area contributed by atoms with Crippen LogP contribution in [0.4, 0.5) is 11.4 Å². The Bertz CT molecular complexity index is 1120. The molecule has 1 N–H and O–H groups in total. The van der Waals surface area contributed by atoms with E-state index in [1.54, 1.807) is 31.2 Å². The lowest BCUT2D eigenvalue weighted by Crippen LogP contribution is -2.22. The molecule has 0 amide bonds. The van der Waals surface area contributed by atoms with E-state index < -0.39 is 5.56 Å². The average Bonchev–Trinajstić information content (AvgIpc) is 2.67. The number of nitrogens with zero attached hydrogens (tertiary/aromatic N) is 4. The van der Waals surface area contributed by atoms with E-state index in [2.05, 4.69) is 10.2 Å². The predicted octanol–water partition coefficient (Wildman–Crippen LogP) is 4.85. The SMILES string of the molecule is Cc1c(C#N)c(O)n(Cc2ccccc2)c(=O)c1N=Nc1ccccc1Cl. The first-order valence-electron chi connectivity index (χ1n) is 8.09. The van der Waals surface area contributed by atoms with Crippen LogP contribution in [-0.4, -0.2) is 9.67 Å². The molecule has 0 aliphatic rings. The minimum Gasteiger partial charge on any atom is -0.493 e. The fourth-order valence-electron chi connectivity index (χ4n) is 2.61. The Morgan fingerprint density at radius 1 is 1.11 bits per heavy atom. The molecule has 1 heterocycles. The van der Waals surface area contributed by atoms with Gasteiger partial charge in [-0.2, -0.15) is 5.26 Å². The number of azo groups is 1. The molecule has 0 saturated heterocycles. The molecule has 6 nitrogen and oxygen atoms in total. The van der Waals surface area contributed by atoms with Gasteiger partial charge < -0.3 is 5.11 Å². The van der Waals surface area contributed by atoms with Crippen molar-refractivity contribution < 1.29 is 5.11 Å². The van der Waals surface area contributed by atoms with E-state index >= 15 is 0 Å². The molecule has 134 valence electrons. The molecule has 0 aliphatic heterocycles. The number of benzene rings is 2. The summed E-state index contributed by atoms with van der Waals surface area (Å²) in [5.41, 5.74) is 0.901. The molecule has 2 aromatic carbocycles. The minimum absolute atomic E-state index is 0.0137. The second kappa shape index (κ2) is 7.85. The van der Waals surface area contributed by atoms with Gasteiger partial charge in [-0.1, -0.05) is 54.1 Å². The van der Waals surface area contributed by atoms with E-state index in [1.807, 2.05) is 36.4 Å². The van der Waals surface area contributed by atoms with Crippen molar-refractivity contribution in [3.8, 4) is 11.9 Å². The molecule has 7 heteroatoms. The summed E-state index contributed by atoms with van der Waals surface area (Å²) in [6.45, 7) is 1.66. The Kier molecular flexibility index (Phi) is 5.34. The maximum absolute atomic E-state index is 12.9. The van der Waals surface area contributed by atoms with Crippen molar-refractivity contribution in [2.24, 2.45) is 10.2 Å². The third-order valence-corrected chi connectivity index (χ3v) is 4.38. The van der Waals surface area contributed by atoms with Crippen molar-refractivity contribution in [1.82, 2.24) is 4.57 Å². The van der Waals surface area contributed by atoms with Crippen LogP contribution < -0.4 is 5.56 Å². The van der Waals surface area contributed by atoms with Crippen molar-refractivity contribution in [2.45, 2.75) is 13.5 Å². The Hall–Kier alpha value is -3.43. The molecule has 1 aromatic heterocycles. The van der Waals surface area contributed by atoms with Gasteiger partial charge in [0.15, 0.2) is 5.69 Å². The van der Waals surface area contributed by atoms with E-state index in [0.29, 0.717) is 10.7 Å². The summed E-state index contributed by atoms with van der Waals surface area (Å²) >= 11 is 6.06. The number of hydrogen-bond acceptors (Lipinski definition) is 5. The highest BCUT2D eigenvalue weighted by Crippen LogP contribution is 2.29. The van der Waals surface area contributed by atoms with Gasteiger partial charge >= 0.3 is 0 Å². The molecule has 0 fully saturated rings. The molecule has 0 bridgehead atoms. The summed E-state index contributed by atoms with van der Waals surface area (Å²) in [6.07, 6.45) is 0. The number of aromatic hydroxyl groups is 1. The van der Waals surface area contributed by atoms with E-state index in [0.717, 1.165) is 10.1 Å². The van der Waals surface area contributed by atoms with Crippen molar-refractivity contribution >= 4 is 23.0 Å². The third-order valence-electron chi connectivity index (χ3n) is 4.06. The molecular formula is C20H15ClN4O2. The zero-order valence-corrected chi connectivity index (χ0v) is 15.2. The molecule has 3 rings (SSSR count). The van der Waals surface area contributed by atoms with Gasteiger partial charge in [-0.3, -0.25) is 9.36 Å². The van der Waals surface area contributed by atoms with Gasteiger partial charge in [0.2, 0.25) is 5.88 Å². The van der Waals surface area contributed by atoms with Crippen molar-refractivity contribution in [1.29, 1.82) is 5.26 Å². The van der Waals surface area contributed by atoms with E-state index in [9.17, 15) is 15.2 Å². The summed E-state index contributed by atoms with van der Waals surface area (Å²) in [7, 11) is 0. The summed E-state index contributed by atoms with van der Waals surface area (Å²) in [5, 5.41) is 28.3. The predicted molar refractivity (Wildman–Crippen MR) is 103 cm³/mol. The molecule has 27 heavy (non-hydrogen) atoms. The molecule has 0 unspecified atom stereocenters. The number of halogens is 1. The van der Waals surface area contributed by atoms with E-state index in [4.69, 9.17) is 11.6 Å². The zero-order chi connectivity index (χ0) is 19.4. The number of nitriles is 1. The maximum Gasteiger partial charge on any atom is 0.281 e.